The van der Waals surface area contributed by atoms with Crippen LogP contribution >= 0.6 is 9.24 Å². The van der Waals surface area contributed by atoms with Crippen molar-refractivity contribution < 1.29 is 0 Å². The molecule has 2 aromatic carbocycles. The van der Waals surface area contributed by atoms with Gasteiger partial charge in [0.1, 0.15) is 0 Å². The van der Waals surface area contributed by atoms with Crippen molar-refractivity contribution >= 4 is 25.3 Å². The van der Waals surface area contributed by atoms with Gasteiger partial charge in [-0.2, -0.15) is 0 Å². The number of aryl methyl sites for hydroxylation is 3. The van der Waals surface area contributed by atoms with Crippen LogP contribution in [0.2, 0.25) is 0 Å². The lowest BCUT2D eigenvalue weighted by Crippen LogP contribution is -2.00. The minimum absolute atomic E-state index is 1.33. The largest absolute Gasteiger partial charge is 0.105 e. The average Bonchev–Trinajstić information content (AvgIpc) is 2.10. The van der Waals surface area contributed by atoms with Crippen molar-refractivity contribution in [1.29, 1.82) is 0 Å². The van der Waals surface area contributed by atoms with Gasteiger partial charge in [0, 0.05) is 0 Å². The van der Waals surface area contributed by atoms with E-state index >= 15 is 0 Å². The minimum Gasteiger partial charge on any atom is -0.105 e. The molecule has 2 rings (SSSR count). The summed E-state index contributed by atoms with van der Waals surface area (Å²) in [5.74, 6) is 0. The maximum absolute atomic E-state index is 2.85. The van der Waals surface area contributed by atoms with Crippen LogP contribution in [-0.4, -0.2) is 0 Å². The van der Waals surface area contributed by atoms with Crippen molar-refractivity contribution in [2.24, 2.45) is 0 Å². The van der Waals surface area contributed by atoms with Crippen LogP contribution in [0.5, 0.6) is 0 Å². The molecule has 0 spiro atoms. The first kappa shape index (κ1) is 9.68. The van der Waals surface area contributed by atoms with Gasteiger partial charge in [0.25, 0.3) is 0 Å². The van der Waals surface area contributed by atoms with E-state index in [1.54, 1.807) is 0 Å². The van der Waals surface area contributed by atoms with E-state index in [2.05, 4.69) is 54.3 Å². The van der Waals surface area contributed by atoms with E-state index in [0.717, 1.165) is 0 Å². The Hall–Kier alpha value is -0.870. The summed E-state index contributed by atoms with van der Waals surface area (Å²) in [6.07, 6.45) is 0. The van der Waals surface area contributed by atoms with Crippen LogP contribution in [0.25, 0.3) is 10.8 Å². The van der Waals surface area contributed by atoms with Gasteiger partial charge in [-0.15, -0.1) is 9.24 Å². The van der Waals surface area contributed by atoms with Gasteiger partial charge >= 0.3 is 0 Å². The molecule has 0 heterocycles. The topological polar surface area (TPSA) is 0 Å². The normalized spacial score (nSPS) is 10.9. The Balaban J connectivity index is 2.95. The molecule has 1 atom stereocenters. The standard InChI is InChI=1S/C13H15P/c1-8-6-10(3)12-11(7-8)5-4-9(2)13(12)14/h4-7H,14H2,1-3H3. The molecule has 1 heteroatoms. The second kappa shape index (κ2) is 3.37. The highest BCUT2D eigenvalue weighted by Gasteiger charge is 2.03. The predicted octanol–water partition coefficient (Wildman–Crippen LogP) is 3.27. The zero-order valence-electron chi connectivity index (χ0n) is 8.89. The average molecular weight is 202 g/mol. The van der Waals surface area contributed by atoms with Crippen molar-refractivity contribution in [3.63, 3.8) is 0 Å². The molecular formula is C13H15P. The zero-order chi connectivity index (χ0) is 10.3. The van der Waals surface area contributed by atoms with Crippen LogP contribution in [0.3, 0.4) is 0 Å². The highest BCUT2D eigenvalue weighted by molar-refractivity contribution is 7.28. The number of rotatable bonds is 0. The summed E-state index contributed by atoms with van der Waals surface area (Å²) in [5, 5.41) is 4.07. The molecule has 0 bridgehead atoms. The lowest BCUT2D eigenvalue weighted by molar-refractivity contribution is 1.42. The van der Waals surface area contributed by atoms with Gasteiger partial charge in [-0.25, -0.2) is 0 Å². The molecule has 72 valence electrons. The van der Waals surface area contributed by atoms with Crippen molar-refractivity contribution in [1.82, 2.24) is 0 Å². The van der Waals surface area contributed by atoms with E-state index in [9.17, 15) is 0 Å². The van der Waals surface area contributed by atoms with Crippen molar-refractivity contribution in [3.8, 4) is 0 Å². The molecule has 0 aliphatic rings. The summed E-state index contributed by atoms with van der Waals surface area (Å²) in [4.78, 5) is 0. The quantitative estimate of drug-likeness (QED) is 0.575. The Bertz CT molecular complexity index is 498. The zero-order valence-corrected chi connectivity index (χ0v) is 10.0. The SMILES string of the molecule is Cc1cc(C)c2c(P)c(C)ccc2c1. The minimum atomic E-state index is 1.33. The summed E-state index contributed by atoms with van der Waals surface area (Å²) < 4.78 is 0. The third kappa shape index (κ3) is 1.44. The van der Waals surface area contributed by atoms with E-state index in [-0.39, 0.29) is 0 Å². The van der Waals surface area contributed by atoms with E-state index in [1.807, 2.05) is 0 Å². The van der Waals surface area contributed by atoms with Gasteiger partial charge in [0.05, 0.1) is 0 Å². The molecule has 0 radical (unpaired) electrons. The van der Waals surface area contributed by atoms with Gasteiger partial charge in [-0.05, 0) is 48.0 Å². The fourth-order valence-electron chi connectivity index (χ4n) is 2.00. The molecule has 0 nitrogen and oxygen atoms in total. The van der Waals surface area contributed by atoms with Crippen molar-refractivity contribution in [2.75, 3.05) is 0 Å². The van der Waals surface area contributed by atoms with Gasteiger partial charge < -0.3 is 0 Å². The second-order valence-electron chi connectivity index (χ2n) is 3.98. The predicted molar refractivity (Wildman–Crippen MR) is 67.5 cm³/mol. The first-order valence-electron chi connectivity index (χ1n) is 4.85. The van der Waals surface area contributed by atoms with Crippen molar-refractivity contribution in [3.05, 3.63) is 41.0 Å². The Labute approximate surface area is 87.5 Å². The molecular weight excluding hydrogens is 187 g/mol. The number of fused-ring (bicyclic) bond motifs is 1. The maximum atomic E-state index is 2.85. The number of benzene rings is 2. The third-order valence-corrected chi connectivity index (χ3v) is 3.46. The summed E-state index contributed by atoms with van der Waals surface area (Å²) in [7, 11) is 2.85. The molecule has 14 heavy (non-hydrogen) atoms. The molecule has 0 N–H and O–H groups in total. The van der Waals surface area contributed by atoms with Gasteiger partial charge in [0.15, 0.2) is 0 Å². The van der Waals surface area contributed by atoms with Crippen LogP contribution in [0.4, 0.5) is 0 Å². The number of hydrogen-bond donors (Lipinski definition) is 0. The lowest BCUT2D eigenvalue weighted by atomic mass is 10.0. The van der Waals surface area contributed by atoms with Gasteiger partial charge in [0.2, 0.25) is 0 Å². The third-order valence-electron chi connectivity index (χ3n) is 2.72. The van der Waals surface area contributed by atoms with Crippen LogP contribution in [0, 0.1) is 20.8 Å². The smallest absolute Gasteiger partial charge is 0.00801 e. The molecule has 0 aromatic heterocycles. The second-order valence-corrected chi connectivity index (χ2v) is 4.55. The molecule has 2 aromatic rings. The maximum Gasteiger partial charge on any atom is -0.00801 e. The molecule has 0 aliphatic carbocycles. The fourth-order valence-corrected chi connectivity index (χ4v) is 2.49. The summed E-state index contributed by atoms with van der Waals surface area (Å²) in [6.45, 7) is 6.48. The summed E-state index contributed by atoms with van der Waals surface area (Å²) in [5.41, 5.74) is 4.05. The number of hydrogen-bond acceptors (Lipinski definition) is 0. The van der Waals surface area contributed by atoms with Crippen LogP contribution < -0.4 is 5.30 Å². The molecule has 0 saturated carbocycles. The highest BCUT2D eigenvalue weighted by Crippen LogP contribution is 2.21. The monoisotopic (exact) mass is 202 g/mol. The van der Waals surface area contributed by atoms with Crippen LogP contribution in [0.15, 0.2) is 24.3 Å². The fraction of sp³-hybridized carbons (Fsp3) is 0.231. The van der Waals surface area contributed by atoms with E-state index in [0.29, 0.717) is 0 Å². The lowest BCUT2D eigenvalue weighted by Gasteiger charge is -2.09. The van der Waals surface area contributed by atoms with Gasteiger partial charge in [-0.1, -0.05) is 29.8 Å². The first-order valence-corrected chi connectivity index (χ1v) is 5.43. The van der Waals surface area contributed by atoms with Crippen LogP contribution in [0.1, 0.15) is 16.7 Å². The Morgan fingerprint density at radius 3 is 2.36 bits per heavy atom. The Morgan fingerprint density at radius 1 is 0.929 bits per heavy atom. The Kier molecular flexibility index (Phi) is 2.33. The molecule has 0 amide bonds. The Morgan fingerprint density at radius 2 is 1.64 bits per heavy atom. The van der Waals surface area contributed by atoms with E-state index in [1.165, 1.54) is 32.8 Å². The van der Waals surface area contributed by atoms with E-state index in [4.69, 9.17) is 0 Å². The molecule has 0 aliphatic heterocycles. The molecule has 0 fully saturated rings. The van der Waals surface area contributed by atoms with Crippen LogP contribution in [-0.2, 0) is 0 Å². The summed E-state index contributed by atoms with van der Waals surface area (Å²) >= 11 is 0. The summed E-state index contributed by atoms with van der Waals surface area (Å²) in [6, 6.07) is 8.88. The first-order chi connectivity index (χ1) is 6.59. The molecule has 0 saturated heterocycles. The van der Waals surface area contributed by atoms with Gasteiger partial charge in [-0.3, -0.25) is 0 Å². The van der Waals surface area contributed by atoms with E-state index < -0.39 is 0 Å². The highest BCUT2D eigenvalue weighted by atomic mass is 31.0. The van der Waals surface area contributed by atoms with Crippen molar-refractivity contribution in [2.45, 2.75) is 20.8 Å². The molecule has 1 unspecified atom stereocenters.